The number of unbranched alkanes of at least 4 members (excludes halogenated alkanes) is 17. The van der Waals surface area contributed by atoms with Gasteiger partial charge >= 0.3 is 0 Å². The Morgan fingerprint density at radius 3 is 1.48 bits per heavy atom. The molecule has 0 aliphatic rings. The van der Waals surface area contributed by atoms with E-state index < -0.39 is 0 Å². The molecule has 1 aromatic rings. The van der Waals surface area contributed by atoms with Crippen molar-refractivity contribution in [2.75, 3.05) is 0 Å². The normalized spacial score (nSPS) is 11.5. The average Bonchev–Trinajstić information content (AvgIpc) is 3.15. The smallest absolute Gasteiger partial charge is 0.234 e. The number of aromatic nitrogens is 2. The van der Waals surface area contributed by atoms with E-state index >= 15 is 0 Å². The highest BCUT2D eigenvalue weighted by Crippen LogP contribution is 2.13. The molecule has 2 heteroatoms. The lowest BCUT2D eigenvalue weighted by Crippen LogP contribution is -2.37. The van der Waals surface area contributed by atoms with Crippen LogP contribution in [0.4, 0.5) is 0 Å². The Bertz CT molecular complexity index is 491. The zero-order valence-corrected chi connectivity index (χ0v) is 21.8. The van der Waals surface area contributed by atoms with E-state index in [1.807, 2.05) is 0 Å². The van der Waals surface area contributed by atoms with E-state index in [4.69, 9.17) is 0 Å². The fourth-order valence-electron chi connectivity index (χ4n) is 4.80. The van der Waals surface area contributed by atoms with Gasteiger partial charge in [-0.15, -0.1) is 0 Å². The number of nitrogens with zero attached hydrogens (tertiary/aromatic N) is 2. The van der Waals surface area contributed by atoms with Crippen LogP contribution in [0.2, 0.25) is 0 Å². The second-order valence-electron chi connectivity index (χ2n) is 9.86. The molecule has 0 saturated carbocycles. The van der Waals surface area contributed by atoms with Gasteiger partial charge in [-0.3, -0.25) is 0 Å². The standard InChI is InChI=1S/C29H57N2/c1-4-7-9-11-13-15-17-19-21-23-26-31-28-27-30(25-6-3)29(31)24-22-20-18-16-14-12-10-8-5-2/h27-28H,4-26H2,1-3H3/q+1. The van der Waals surface area contributed by atoms with Crippen molar-refractivity contribution < 1.29 is 4.57 Å². The van der Waals surface area contributed by atoms with Crippen LogP contribution in [0.15, 0.2) is 12.4 Å². The summed E-state index contributed by atoms with van der Waals surface area (Å²) in [5, 5.41) is 0. The largest absolute Gasteiger partial charge is 0.256 e. The van der Waals surface area contributed by atoms with E-state index in [0.717, 1.165) is 0 Å². The minimum atomic E-state index is 1.18. The summed E-state index contributed by atoms with van der Waals surface area (Å²) in [5.41, 5.74) is 0. The molecule has 0 radical (unpaired) electrons. The van der Waals surface area contributed by atoms with Crippen molar-refractivity contribution in [2.45, 2.75) is 169 Å². The number of hydrogen-bond donors (Lipinski definition) is 0. The molecule has 1 rings (SSSR count). The second kappa shape index (κ2) is 21.1. The van der Waals surface area contributed by atoms with E-state index in [-0.39, 0.29) is 0 Å². The topological polar surface area (TPSA) is 8.81 Å². The summed E-state index contributed by atoms with van der Waals surface area (Å²) in [5.74, 6) is 1.58. The molecule has 0 N–H and O–H groups in total. The molecular weight excluding hydrogens is 376 g/mol. The van der Waals surface area contributed by atoms with E-state index in [0.29, 0.717) is 0 Å². The lowest BCUT2D eigenvalue weighted by atomic mass is 10.1. The van der Waals surface area contributed by atoms with Crippen LogP contribution in [0, 0.1) is 0 Å². The van der Waals surface area contributed by atoms with Gasteiger partial charge in [-0.2, -0.15) is 0 Å². The van der Waals surface area contributed by atoms with Crippen LogP contribution in [0.1, 0.15) is 155 Å². The maximum absolute atomic E-state index is 2.57. The summed E-state index contributed by atoms with van der Waals surface area (Å²) >= 11 is 0. The molecule has 0 unspecified atom stereocenters. The first-order valence-electron chi connectivity index (χ1n) is 14.4. The molecule has 0 atom stereocenters. The van der Waals surface area contributed by atoms with E-state index in [9.17, 15) is 0 Å². The number of hydrogen-bond acceptors (Lipinski definition) is 0. The Labute approximate surface area is 196 Å². The van der Waals surface area contributed by atoms with E-state index in [1.165, 1.54) is 148 Å². The van der Waals surface area contributed by atoms with Crippen LogP contribution >= 0.6 is 0 Å². The minimum absolute atomic E-state index is 1.18. The van der Waals surface area contributed by atoms with Gasteiger partial charge in [0.1, 0.15) is 12.4 Å². The van der Waals surface area contributed by atoms with Crippen molar-refractivity contribution in [3.63, 3.8) is 0 Å². The molecule has 0 spiro atoms. The highest BCUT2D eigenvalue weighted by atomic mass is 15.1. The second-order valence-corrected chi connectivity index (χ2v) is 9.86. The molecule has 0 aliphatic heterocycles. The summed E-state index contributed by atoms with van der Waals surface area (Å²) < 4.78 is 5.10. The third-order valence-corrected chi connectivity index (χ3v) is 6.81. The predicted molar refractivity (Wildman–Crippen MR) is 138 cm³/mol. The molecule has 182 valence electrons. The molecule has 0 aliphatic carbocycles. The highest BCUT2D eigenvalue weighted by Gasteiger charge is 2.15. The van der Waals surface area contributed by atoms with Crippen LogP contribution < -0.4 is 4.57 Å². The van der Waals surface area contributed by atoms with Gasteiger partial charge < -0.3 is 0 Å². The van der Waals surface area contributed by atoms with Gasteiger partial charge in [0.2, 0.25) is 0 Å². The van der Waals surface area contributed by atoms with Gasteiger partial charge in [-0.1, -0.05) is 124 Å². The lowest BCUT2D eigenvalue weighted by Gasteiger charge is -2.06. The summed E-state index contributed by atoms with van der Waals surface area (Å²) in [6.45, 7) is 9.31. The van der Waals surface area contributed by atoms with Crippen LogP contribution in [0.3, 0.4) is 0 Å². The molecule has 0 fully saturated rings. The maximum Gasteiger partial charge on any atom is 0.256 e. The Morgan fingerprint density at radius 1 is 0.548 bits per heavy atom. The van der Waals surface area contributed by atoms with Crippen molar-refractivity contribution in [3.8, 4) is 0 Å². The van der Waals surface area contributed by atoms with E-state index in [2.05, 4.69) is 42.3 Å². The van der Waals surface area contributed by atoms with Crippen molar-refractivity contribution in [2.24, 2.45) is 0 Å². The van der Waals surface area contributed by atoms with Gasteiger partial charge in [0.15, 0.2) is 0 Å². The number of rotatable bonds is 23. The molecule has 0 bridgehead atoms. The third kappa shape index (κ3) is 14.8. The quantitative estimate of drug-likeness (QED) is 0.120. The first-order valence-corrected chi connectivity index (χ1v) is 14.4. The van der Waals surface area contributed by atoms with Crippen molar-refractivity contribution in [1.82, 2.24) is 4.57 Å². The summed E-state index contributed by atoms with van der Waals surface area (Å²) in [4.78, 5) is 0. The van der Waals surface area contributed by atoms with Crippen molar-refractivity contribution >= 4 is 0 Å². The number of aryl methyl sites for hydroxylation is 2. The SMILES string of the molecule is CCCCCCCCCCCCn1cc[n+](CCC)c1CCCCCCCCCCC. The minimum Gasteiger partial charge on any atom is -0.234 e. The fourth-order valence-corrected chi connectivity index (χ4v) is 4.80. The molecule has 1 heterocycles. The van der Waals surface area contributed by atoms with Gasteiger partial charge in [0, 0.05) is 6.42 Å². The zero-order valence-electron chi connectivity index (χ0n) is 21.8. The van der Waals surface area contributed by atoms with Crippen LogP contribution in [-0.2, 0) is 19.5 Å². The van der Waals surface area contributed by atoms with Gasteiger partial charge in [0.25, 0.3) is 5.82 Å². The molecule has 31 heavy (non-hydrogen) atoms. The van der Waals surface area contributed by atoms with Crippen LogP contribution in [0.5, 0.6) is 0 Å². The Balaban J connectivity index is 2.18. The molecule has 2 nitrogen and oxygen atoms in total. The van der Waals surface area contributed by atoms with E-state index in [1.54, 1.807) is 5.82 Å². The number of imidazole rings is 1. The Hall–Kier alpha value is -0.790. The molecule has 0 aromatic carbocycles. The van der Waals surface area contributed by atoms with Crippen LogP contribution in [0.25, 0.3) is 0 Å². The van der Waals surface area contributed by atoms with Crippen molar-refractivity contribution in [3.05, 3.63) is 18.2 Å². The highest BCUT2D eigenvalue weighted by molar-refractivity contribution is 4.84. The lowest BCUT2D eigenvalue weighted by molar-refractivity contribution is -0.703. The first kappa shape index (κ1) is 28.2. The molecule has 0 amide bonds. The van der Waals surface area contributed by atoms with Crippen molar-refractivity contribution in [1.29, 1.82) is 0 Å². The molecule has 1 aromatic heterocycles. The Kier molecular flexibility index (Phi) is 19.2. The maximum atomic E-state index is 2.57. The zero-order chi connectivity index (χ0) is 22.4. The molecular formula is C29H57N2+. The van der Waals surface area contributed by atoms with Gasteiger partial charge in [-0.25, -0.2) is 9.13 Å². The average molecular weight is 434 g/mol. The fraction of sp³-hybridized carbons (Fsp3) is 0.897. The monoisotopic (exact) mass is 433 g/mol. The third-order valence-electron chi connectivity index (χ3n) is 6.81. The summed E-state index contributed by atoms with van der Waals surface area (Å²) in [6, 6.07) is 0. The Morgan fingerprint density at radius 2 is 1.00 bits per heavy atom. The van der Waals surface area contributed by atoms with Gasteiger partial charge in [0.05, 0.1) is 13.1 Å². The summed E-state index contributed by atoms with van der Waals surface area (Å²) in [6.07, 6.45) is 34.2. The first-order chi connectivity index (χ1) is 15.3. The summed E-state index contributed by atoms with van der Waals surface area (Å²) in [7, 11) is 0. The molecule has 0 saturated heterocycles. The predicted octanol–water partition coefficient (Wildman–Crippen LogP) is 9.18. The van der Waals surface area contributed by atoms with Gasteiger partial charge in [-0.05, 0) is 25.7 Å². The van der Waals surface area contributed by atoms with Crippen LogP contribution in [-0.4, -0.2) is 4.57 Å².